The van der Waals surface area contributed by atoms with E-state index in [1.54, 1.807) is 12.1 Å². The Balaban J connectivity index is 2.09. The van der Waals surface area contributed by atoms with E-state index in [0.29, 0.717) is 16.9 Å². The van der Waals surface area contributed by atoms with Gasteiger partial charge in [-0.05, 0) is 48.5 Å². The number of methoxy groups -OCH3 is 1. The van der Waals surface area contributed by atoms with Crippen LogP contribution in [0.1, 0.15) is 17.3 Å². The predicted molar refractivity (Wildman–Crippen MR) is 90.8 cm³/mol. The zero-order valence-electron chi connectivity index (χ0n) is 13.8. The van der Waals surface area contributed by atoms with Crippen molar-refractivity contribution in [3.63, 3.8) is 0 Å². The highest BCUT2D eigenvalue weighted by atomic mass is 19.1. The number of rotatable bonds is 5. The smallest absolute Gasteiger partial charge is 0.337 e. The second-order valence-corrected chi connectivity index (χ2v) is 5.20. The highest BCUT2D eigenvalue weighted by Gasteiger charge is 2.16. The number of carbonyl (C=O) groups is 3. The maximum Gasteiger partial charge on any atom is 0.337 e. The molecule has 0 aliphatic carbocycles. The van der Waals surface area contributed by atoms with Crippen LogP contribution in [0.3, 0.4) is 0 Å². The zero-order chi connectivity index (χ0) is 18.4. The monoisotopic (exact) mass is 344 g/mol. The van der Waals surface area contributed by atoms with E-state index in [4.69, 9.17) is 0 Å². The van der Waals surface area contributed by atoms with Crippen molar-refractivity contribution in [2.24, 2.45) is 0 Å². The summed E-state index contributed by atoms with van der Waals surface area (Å²) < 4.78 is 17.5. The molecule has 130 valence electrons. The number of ether oxygens (including phenoxy) is 1. The molecule has 0 unspecified atom stereocenters. The van der Waals surface area contributed by atoms with Crippen molar-refractivity contribution in [1.82, 2.24) is 0 Å². The summed E-state index contributed by atoms with van der Waals surface area (Å²) in [5.74, 6) is -1.66. The minimum atomic E-state index is -0.491. The van der Waals surface area contributed by atoms with Crippen molar-refractivity contribution in [2.75, 3.05) is 23.9 Å². The molecule has 2 aromatic carbocycles. The molecule has 2 aromatic rings. The van der Waals surface area contributed by atoms with Crippen LogP contribution in [0.4, 0.5) is 15.8 Å². The standard InChI is InChI=1S/C18H17FN2O4/c1-12(22)21(16-9-3-13(4-10-16)18(24)25-2)11-17(23)20-15-7-5-14(19)6-8-15/h3-10H,11H2,1-2H3,(H,20,23). The average molecular weight is 344 g/mol. The molecule has 0 aliphatic heterocycles. The highest BCUT2D eigenvalue weighted by molar-refractivity contribution is 6.02. The van der Waals surface area contributed by atoms with Crippen LogP contribution < -0.4 is 10.2 Å². The Morgan fingerprint density at radius 3 is 2.16 bits per heavy atom. The van der Waals surface area contributed by atoms with Gasteiger partial charge in [0.05, 0.1) is 12.7 Å². The molecular weight excluding hydrogens is 327 g/mol. The molecule has 0 saturated carbocycles. The van der Waals surface area contributed by atoms with Gasteiger partial charge in [-0.15, -0.1) is 0 Å². The molecule has 0 heterocycles. The third kappa shape index (κ3) is 4.87. The lowest BCUT2D eigenvalue weighted by Crippen LogP contribution is -2.36. The van der Waals surface area contributed by atoms with E-state index in [-0.39, 0.29) is 12.5 Å². The van der Waals surface area contributed by atoms with Gasteiger partial charge in [0.15, 0.2) is 0 Å². The molecule has 2 amide bonds. The first-order chi connectivity index (χ1) is 11.9. The molecule has 0 spiro atoms. The summed E-state index contributed by atoms with van der Waals surface area (Å²) in [7, 11) is 1.28. The molecule has 25 heavy (non-hydrogen) atoms. The van der Waals surface area contributed by atoms with E-state index in [1.165, 1.54) is 55.3 Å². The van der Waals surface area contributed by atoms with Crippen molar-refractivity contribution < 1.29 is 23.5 Å². The fourth-order valence-electron chi connectivity index (χ4n) is 2.16. The number of amides is 2. The van der Waals surface area contributed by atoms with Crippen molar-refractivity contribution >= 4 is 29.2 Å². The van der Waals surface area contributed by atoms with E-state index in [2.05, 4.69) is 10.1 Å². The number of hydrogen-bond acceptors (Lipinski definition) is 4. The molecule has 0 saturated heterocycles. The summed E-state index contributed by atoms with van der Waals surface area (Å²) in [4.78, 5) is 36.7. The van der Waals surface area contributed by atoms with Gasteiger partial charge in [-0.3, -0.25) is 9.59 Å². The number of anilines is 2. The summed E-state index contributed by atoms with van der Waals surface area (Å²) in [6.45, 7) is 1.11. The van der Waals surface area contributed by atoms with Crippen LogP contribution in [0.5, 0.6) is 0 Å². The molecule has 1 N–H and O–H groups in total. The van der Waals surface area contributed by atoms with Gasteiger partial charge in [0.1, 0.15) is 12.4 Å². The maximum atomic E-state index is 12.9. The second-order valence-electron chi connectivity index (χ2n) is 5.20. The number of benzene rings is 2. The summed E-state index contributed by atoms with van der Waals surface area (Å²) in [5, 5.41) is 2.59. The lowest BCUT2D eigenvalue weighted by Gasteiger charge is -2.21. The van der Waals surface area contributed by atoms with Gasteiger partial charge in [-0.1, -0.05) is 0 Å². The van der Waals surface area contributed by atoms with Crippen LogP contribution in [0.2, 0.25) is 0 Å². The molecule has 6 nitrogen and oxygen atoms in total. The van der Waals surface area contributed by atoms with Crippen molar-refractivity contribution in [1.29, 1.82) is 0 Å². The third-order valence-electron chi connectivity index (χ3n) is 3.41. The third-order valence-corrected chi connectivity index (χ3v) is 3.41. The summed E-state index contributed by atoms with van der Waals surface area (Å²) in [5.41, 5.74) is 1.23. The van der Waals surface area contributed by atoms with Crippen molar-refractivity contribution in [3.8, 4) is 0 Å². The number of esters is 1. The van der Waals surface area contributed by atoms with E-state index < -0.39 is 17.7 Å². The number of nitrogens with one attached hydrogen (secondary N) is 1. The van der Waals surface area contributed by atoms with Gasteiger partial charge < -0.3 is 15.0 Å². The Morgan fingerprint density at radius 2 is 1.64 bits per heavy atom. The number of hydrogen-bond donors (Lipinski definition) is 1. The molecule has 0 aromatic heterocycles. The fourth-order valence-corrected chi connectivity index (χ4v) is 2.16. The number of nitrogens with zero attached hydrogens (tertiary/aromatic N) is 1. The average Bonchev–Trinajstić information content (AvgIpc) is 2.61. The second kappa shape index (κ2) is 8.05. The molecule has 7 heteroatoms. The van der Waals surface area contributed by atoms with E-state index in [1.807, 2.05) is 0 Å². The first-order valence-corrected chi connectivity index (χ1v) is 7.42. The number of halogens is 1. The molecule has 0 fully saturated rings. The van der Waals surface area contributed by atoms with Crippen LogP contribution >= 0.6 is 0 Å². The van der Waals surface area contributed by atoms with E-state index >= 15 is 0 Å². The molecule has 0 aliphatic rings. The largest absolute Gasteiger partial charge is 0.465 e. The lowest BCUT2D eigenvalue weighted by molar-refractivity contribution is -0.120. The molecular formula is C18H17FN2O4. The topological polar surface area (TPSA) is 75.7 Å². The van der Waals surface area contributed by atoms with Crippen LogP contribution in [-0.4, -0.2) is 31.4 Å². The summed E-state index contributed by atoms with van der Waals surface area (Å²) in [6.07, 6.45) is 0. The van der Waals surface area contributed by atoms with Gasteiger partial charge in [-0.25, -0.2) is 9.18 Å². The predicted octanol–water partition coefficient (Wildman–Crippen LogP) is 2.60. The lowest BCUT2D eigenvalue weighted by atomic mass is 10.2. The van der Waals surface area contributed by atoms with Crippen LogP contribution in [0, 0.1) is 5.82 Å². The Labute approximate surface area is 144 Å². The minimum Gasteiger partial charge on any atom is -0.465 e. The van der Waals surface area contributed by atoms with E-state index in [0.717, 1.165) is 0 Å². The Bertz CT molecular complexity index is 773. The summed E-state index contributed by atoms with van der Waals surface area (Å²) in [6, 6.07) is 11.4. The fraction of sp³-hybridized carbons (Fsp3) is 0.167. The van der Waals surface area contributed by atoms with Crippen LogP contribution in [0.15, 0.2) is 48.5 Å². The van der Waals surface area contributed by atoms with Gasteiger partial charge in [-0.2, -0.15) is 0 Å². The van der Waals surface area contributed by atoms with Crippen LogP contribution in [0.25, 0.3) is 0 Å². The van der Waals surface area contributed by atoms with Crippen molar-refractivity contribution in [3.05, 3.63) is 59.9 Å². The SMILES string of the molecule is COC(=O)c1ccc(N(CC(=O)Nc2ccc(F)cc2)C(C)=O)cc1. The normalized spacial score (nSPS) is 10.0. The summed E-state index contributed by atoms with van der Waals surface area (Å²) >= 11 is 0. The molecule has 0 atom stereocenters. The van der Waals surface area contributed by atoms with Gasteiger partial charge in [0.25, 0.3) is 0 Å². The van der Waals surface area contributed by atoms with Crippen molar-refractivity contribution in [2.45, 2.75) is 6.92 Å². The Morgan fingerprint density at radius 1 is 1.04 bits per heavy atom. The van der Waals surface area contributed by atoms with Gasteiger partial charge in [0.2, 0.25) is 11.8 Å². The Kier molecular flexibility index (Phi) is 5.84. The molecule has 2 rings (SSSR count). The zero-order valence-corrected chi connectivity index (χ0v) is 13.8. The first kappa shape index (κ1) is 18.1. The van der Waals surface area contributed by atoms with Gasteiger partial charge in [0, 0.05) is 18.3 Å². The number of carbonyl (C=O) groups excluding carboxylic acids is 3. The van der Waals surface area contributed by atoms with Crippen LogP contribution in [-0.2, 0) is 14.3 Å². The van der Waals surface area contributed by atoms with Gasteiger partial charge >= 0.3 is 5.97 Å². The minimum absolute atomic E-state index is 0.218. The molecule has 0 radical (unpaired) electrons. The maximum absolute atomic E-state index is 12.9. The quantitative estimate of drug-likeness (QED) is 0.846. The Hall–Kier alpha value is -3.22. The van der Waals surface area contributed by atoms with E-state index in [9.17, 15) is 18.8 Å². The highest BCUT2D eigenvalue weighted by Crippen LogP contribution is 2.17. The first-order valence-electron chi connectivity index (χ1n) is 7.42. The molecule has 0 bridgehead atoms.